The van der Waals surface area contributed by atoms with Crippen LogP contribution in [0.25, 0.3) is 0 Å². The van der Waals surface area contributed by atoms with E-state index < -0.39 is 26.0 Å². The van der Waals surface area contributed by atoms with Gasteiger partial charge in [0.15, 0.2) is 0 Å². The molecule has 0 aliphatic carbocycles. The molecule has 1 aliphatic rings. The molecule has 2 aromatic carbocycles. The number of benzene rings is 2. The Morgan fingerprint density at radius 3 is 2.34 bits per heavy atom. The molecule has 0 radical (unpaired) electrons. The van der Waals surface area contributed by atoms with Crippen molar-refractivity contribution < 1.29 is 31.1 Å². The molecule has 2 aromatic rings. The standard InChI is InChI=1S/C20H25N3O7S2/c1-29-18-7-4-16(14-19(18)32(27,28)23-10-12-30-13-11-23)20(24)22-9-8-15-2-5-17(6-3-15)31(21,25)26/h2-7,14H,8-13H2,1H3,(H,22,24)(H2,21,25,26). The molecule has 1 aliphatic heterocycles. The Kier molecular flexibility index (Phi) is 7.51. The molecule has 0 bridgehead atoms. The second-order valence-corrected chi connectivity index (χ2v) is 10.5. The first-order chi connectivity index (χ1) is 15.1. The first-order valence-corrected chi connectivity index (χ1v) is 12.8. The van der Waals surface area contributed by atoms with E-state index in [9.17, 15) is 21.6 Å². The van der Waals surface area contributed by atoms with Crippen LogP contribution in [0.3, 0.4) is 0 Å². The summed E-state index contributed by atoms with van der Waals surface area (Å²) < 4.78 is 60.4. The Balaban J connectivity index is 1.69. The van der Waals surface area contributed by atoms with Crippen LogP contribution in [-0.2, 0) is 31.2 Å². The molecule has 0 unspecified atom stereocenters. The van der Waals surface area contributed by atoms with Crippen LogP contribution in [-0.4, -0.2) is 67.0 Å². The molecule has 12 heteroatoms. The number of hydrogen-bond acceptors (Lipinski definition) is 7. The molecule has 3 rings (SSSR count). The Morgan fingerprint density at radius 1 is 1.09 bits per heavy atom. The van der Waals surface area contributed by atoms with Gasteiger partial charge in [-0.05, 0) is 42.3 Å². The summed E-state index contributed by atoms with van der Waals surface area (Å²) in [6.07, 6.45) is 0.450. The lowest BCUT2D eigenvalue weighted by atomic mass is 10.1. The number of ether oxygens (including phenoxy) is 2. The number of nitrogens with one attached hydrogen (secondary N) is 1. The molecule has 0 saturated carbocycles. The van der Waals surface area contributed by atoms with Gasteiger partial charge in [-0.3, -0.25) is 4.79 Å². The van der Waals surface area contributed by atoms with Crippen LogP contribution >= 0.6 is 0 Å². The van der Waals surface area contributed by atoms with E-state index in [2.05, 4.69) is 5.32 Å². The van der Waals surface area contributed by atoms with E-state index >= 15 is 0 Å². The third-order valence-electron chi connectivity index (χ3n) is 4.96. The SMILES string of the molecule is COc1ccc(C(=O)NCCc2ccc(S(N)(=O)=O)cc2)cc1S(=O)(=O)N1CCOCC1. The number of hydrogen-bond donors (Lipinski definition) is 2. The van der Waals surface area contributed by atoms with Crippen molar-refractivity contribution in [2.75, 3.05) is 40.0 Å². The van der Waals surface area contributed by atoms with Crippen molar-refractivity contribution >= 4 is 26.0 Å². The predicted molar refractivity (Wildman–Crippen MR) is 116 cm³/mol. The molecule has 32 heavy (non-hydrogen) atoms. The van der Waals surface area contributed by atoms with Crippen molar-refractivity contribution in [1.29, 1.82) is 0 Å². The molecule has 1 heterocycles. The minimum absolute atomic E-state index is 0.0116. The van der Waals surface area contributed by atoms with Gasteiger partial charge in [0.25, 0.3) is 5.91 Å². The Labute approximate surface area is 187 Å². The number of amides is 1. The van der Waals surface area contributed by atoms with Crippen molar-refractivity contribution in [3.8, 4) is 5.75 Å². The fraction of sp³-hybridized carbons (Fsp3) is 0.350. The lowest BCUT2D eigenvalue weighted by Gasteiger charge is -2.26. The van der Waals surface area contributed by atoms with Crippen LogP contribution in [0, 0.1) is 0 Å². The summed E-state index contributed by atoms with van der Waals surface area (Å²) in [6.45, 7) is 1.34. The quantitative estimate of drug-likeness (QED) is 0.550. The van der Waals surface area contributed by atoms with E-state index in [1.54, 1.807) is 12.1 Å². The molecule has 1 fully saturated rings. The fourth-order valence-electron chi connectivity index (χ4n) is 3.21. The molecule has 174 valence electrons. The highest BCUT2D eigenvalue weighted by molar-refractivity contribution is 7.89. The van der Waals surface area contributed by atoms with E-state index in [1.807, 2.05) is 0 Å². The topological polar surface area (TPSA) is 145 Å². The lowest BCUT2D eigenvalue weighted by molar-refractivity contribution is 0.0729. The van der Waals surface area contributed by atoms with Crippen LogP contribution in [0.2, 0.25) is 0 Å². The highest BCUT2D eigenvalue weighted by Gasteiger charge is 2.30. The van der Waals surface area contributed by atoms with Gasteiger partial charge in [-0.15, -0.1) is 0 Å². The molecule has 1 saturated heterocycles. The zero-order valence-electron chi connectivity index (χ0n) is 17.5. The average Bonchev–Trinajstić information content (AvgIpc) is 2.79. The number of carbonyl (C=O) groups is 1. The summed E-state index contributed by atoms with van der Waals surface area (Å²) in [7, 11) is -6.24. The van der Waals surface area contributed by atoms with Gasteiger partial charge < -0.3 is 14.8 Å². The third kappa shape index (κ3) is 5.64. The van der Waals surface area contributed by atoms with E-state index in [1.165, 1.54) is 41.7 Å². The molecule has 3 N–H and O–H groups in total. The number of carbonyl (C=O) groups excluding carboxylic acids is 1. The third-order valence-corrected chi connectivity index (χ3v) is 7.81. The monoisotopic (exact) mass is 483 g/mol. The van der Waals surface area contributed by atoms with Crippen molar-refractivity contribution in [2.24, 2.45) is 5.14 Å². The van der Waals surface area contributed by atoms with Crippen molar-refractivity contribution in [2.45, 2.75) is 16.2 Å². The van der Waals surface area contributed by atoms with Gasteiger partial charge in [0.2, 0.25) is 20.0 Å². The second kappa shape index (κ2) is 9.96. The minimum Gasteiger partial charge on any atom is -0.495 e. The minimum atomic E-state index is -3.85. The smallest absolute Gasteiger partial charge is 0.251 e. The van der Waals surface area contributed by atoms with Gasteiger partial charge in [-0.2, -0.15) is 4.31 Å². The highest BCUT2D eigenvalue weighted by atomic mass is 32.2. The molecule has 0 atom stereocenters. The Morgan fingerprint density at radius 2 is 1.75 bits per heavy atom. The van der Waals surface area contributed by atoms with Gasteiger partial charge in [0.1, 0.15) is 10.6 Å². The number of nitrogens with zero attached hydrogens (tertiary/aromatic N) is 1. The van der Waals surface area contributed by atoms with E-state index in [0.717, 1.165) is 5.56 Å². The zero-order chi connectivity index (χ0) is 23.4. The van der Waals surface area contributed by atoms with Crippen LogP contribution in [0.1, 0.15) is 15.9 Å². The molecule has 0 spiro atoms. The molecular weight excluding hydrogens is 458 g/mol. The van der Waals surface area contributed by atoms with Gasteiger partial charge in [-0.25, -0.2) is 22.0 Å². The Bertz CT molecular complexity index is 1170. The Hall–Kier alpha value is -2.51. The van der Waals surface area contributed by atoms with Gasteiger partial charge in [0, 0.05) is 25.2 Å². The van der Waals surface area contributed by atoms with Gasteiger partial charge in [-0.1, -0.05) is 12.1 Å². The lowest BCUT2D eigenvalue weighted by Crippen LogP contribution is -2.40. The van der Waals surface area contributed by atoms with Crippen molar-refractivity contribution in [3.63, 3.8) is 0 Å². The van der Waals surface area contributed by atoms with Crippen LogP contribution < -0.4 is 15.2 Å². The summed E-state index contributed by atoms with van der Waals surface area (Å²) in [5.74, 6) is -0.282. The number of sulfonamides is 2. The fourth-order valence-corrected chi connectivity index (χ4v) is 5.32. The number of primary sulfonamides is 1. The second-order valence-electron chi connectivity index (χ2n) is 7.08. The first kappa shape index (κ1) is 24.1. The molecule has 10 nitrogen and oxygen atoms in total. The normalized spacial score (nSPS) is 15.3. The number of methoxy groups -OCH3 is 1. The van der Waals surface area contributed by atoms with Crippen LogP contribution in [0.4, 0.5) is 0 Å². The van der Waals surface area contributed by atoms with Crippen molar-refractivity contribution in [3.05, 3.63) is 53.6 Å². The molecule has 0 aromatic heterocycles. The number of nitrogens with two attached hydrogens (primary N) is 1. The maximum atomic E-state index is 13.0. The summed E-state index contributed by atoms with van der Waals surface area (Å²) >= 11 is 0. The van der Waals surface area contributed by atoms with Gasteiger partial charge in [0.05, 0.1) is 25.2 Å². The highest BCUT2D eigenvalue weighted by Crippen LogP contribution is 2.28. The largest absolute Gasteiger partial charge is 0.495 e. The summed E-state index contributed by atoms with van der Waals surface area (Å²) in [4.78, 5) is 12.5. The van der Waals surface area contributed by atoms with Crippen LogP contribution in [0.15, 0.2) is 52.3 Å². The van der Waals surface area contributed by atoms with E-state index in [4.69, 9.17) is 14.6 Å². The van der Waals surface area contributed by atoms with E-state index in [-0.39, 0.29) is 40.7 Å². The summed E-state index contributed by atoms with van der Waals surface area (Å²) in [5.41, 5.74) is 0.991. The average molecular weight is 484 g/mol. The van der Waals surface area contributed by atoms with Crippen molar-refractivity contribution in [1.82, 2.24) is 9.62 Å². The zero-order valence-corrected chi connectivity index (χ0v) is 19.1. The molecular formula is C20H25N3O7S2. The summed E-state index contributed by atoms with van der Waals surface area (Å²) in [6, 6.07) is 10.3. The maximum absolute atomic E-state index is 13.0. The predicted octanol–water partition coefficient (Wildman–Crippen LogP) is 0.336. The van der Waals surface area contributed by atoms with Crippen LogP contribution in [0.5, 0.6) is 5.75 Å². The number of rotatable bonds is 8. The first-order valence-electron chi connectivity index (χ1n) is 9.79. The maximum Gasteiger partial charge on any atom is 0.251 e. The van der Waals surface area contributed by atoms with Gasteiger partial charge >= 0.3 is 0 Å². The summed E-state index contributed by atoms with van der Waals surface area (Å²) in [5, 5.41) is 7.81. The number of morpholine rings is 1. The molecule has 1 amide bonds. The van der Waals surface area contributed by atoms with E-state index in [0.29, 0.717) is 19.6 Å².